The van der Waals surface area contributed by atoms with E-state index in [1.807, 2.05) is 37.3 Å². The molecule has 2 heterocycles. The Morgan fingerprint density at radius 2 is 1.97 bits per heavy atom. The smallest absolute Gasteiger partial charge is 0.340 e. The van der Waals surface area contributed by atoms with Crippen molar-refractivity contribution in [2.75, 3.05) is 6.54 Å². The Morgan fingerprint density at radius 3 is 2.70 bits per heavy atom. The van der Waals surface area contributed by atoms with Crippen LogP contribution in [0.3, 0.4) is 0 Å². The zero-order valence-electron chi connectivity index (χ0n) is 17.6. The van der Waals surface area contributed by atoms with Crippen molar-refractivity contribution in [3.8, 4) is 5.75 Å². The van der Waals surface area contributed by atoms with Gasteiger partial charge in [0.15, 0.2) is 0 Å². The number of halogens is 1. The van der Waals surface area contributed by atoms with E-state index in [4.69, 9.17) is 16.0 Å². The molecule has 0 amide bonds. The zero-order chi connectivity index (χ0) is 21.3. The van der Waals surface area contributed by atoms with Gasteiger partial charge in [-0.1, -0.05) is 55.3 Å². The Balaban J connectivity index is 1.81. The van der Waals surface area contributed by atoms with Crippen molar-refractivity contribution < 1.29 is 9.52 Å². The van der Waals surface area contributed by atoms with E-state index in [2.05, 4.69) is 11.8 Å². The third kappa shape index (κ3) is 3.99. The summed E-state index contributed by atoms with van der Waals surface area (Å²) in [6.07, 6.45) is 5.08. The quantitative estimate of drug-likeness (QED) is 0.523. The molecular formula is C25H28ClNO3. The van der Waals surface area contributed by atoms with Gasteiger partial charge < -0.3 is 9.52 Å². The van der Waals surface area contributed by atoms with Crippen molar-refractivity contribution in [1.82, 2.24) is 4.90 Å². The zero-order valence-corrected chi connectivity index (χ0v) is 18.3. The van der Waals surface area contributed by atoms with E-state index in [9.17, 15) is 9.90 Å². The first-order valence-corrected chi connectivity index (χ1v) is 11.1. The monoisotopic (exact) mass is 425 g/mol. The number of aromatic hydroxyl groups is 1. The lowest BCUT2D eigenvalue weighted by molar-refractivity contribution is 0.135. The molecular weight excluding hydrogens is 398 g/mol. The molecule has 0 spiro atoms. The van der Waals surface area contributed by atoms with Gasteiger partial charge in [0.1, 0.15) is 11.3 Å². The number of rotatable bonds is 5. The van der Waals surface area contributed by atoms with Crippen molar-refractivity contribution in [3.05, 3.63) is 74.1 Å². The Bertz CT molecular complexity index is 1110. The highest BCUT2D eigenvalue weighted by atomic mass is 35.5. The fourth-order valence-corrected chi connectivity index (χ4v) is 4.85. The maximum atomic E-state index is 12.9. The van der Waals surface area contributed by atoms with Crippen molar-refractivity contribution in [2.24, 2.45) is 0 Å². The molecule has 4 nitrogen and oxygen atoms in total. The van der Waals surface area contributed by atoms with E-state index in [-0.39, 0.29) is 11.4 Å². The molecule has 0 radical (unpaired) electrons. The molecule has 30 heavy (non-hydrogen) atoms. The van der Waals surface area contributed by atoms with Gasteiger partial charge in [0, 0.05) is 30.0 Å². The molecule has 0 aliphatic carbocycles. The summed E-state index contributed by atoms with van der Waals surface area (Å²) in [4.78, 5) is 15.3. The van der Waals surface area contributed by atoms with Crippen LogP contribution in [0.15, 0.2) is 45.6 Å². The van der Waals surface area contributed by atoms with Crippen molar-refractivity contribution in [2.45, 2.75) is 58.5 Å². The maximum Gasteiger partial charge on any atom is 0.340 e. The molecule has 1 aliphatic heterocycles. The van der Waals surface area contributed by atoms with E-state index in [0.717, 1.165) is 42.3 Å². The Labute approximate surface area is 182 Å². The average molecular weight is 426 g/mol. The largest absolute Gasteiger partial charge is 0.506 e. The molecule has 1 N–H and O–H groups in total. The minimum absolute atomic E-state index is 0.0166. The van der Waals surface area contributed by atoms with Crippen molar-refractivity contribution in [3.63, 3.8) is 0 Å². The minimum Gasteiger partial charge on any atom is -0.506 e. The molecule has 1 saturated heterocycles. The lowest BCUT2D eigenvalue weighted by Crippen LogP contribution is -2.38. The first-order valence-electron chi connectivity index (χ1n) is 10.7. The predicted molar refractivity (Wildman–Crippen MR) is 121 cm³/mol. The van der Waals surface area contributed by atoms with Crippen LogP contribution in [0, 0.1) is 6.92 Å². The van der Waals surface area contributed by atoms with Gasteiger partial charge in [-0.15, -0.1) is 0 Å². The van der Waals surface area contributed by atoms with Gasteiger partial charge in [-0.05, 0) is 49.9 Å². The summed E-state index contributed by atoms with van der Waals surface area (Å²) in [6, 6.07) is 12.1. The Kier molecular flexibility index (Phi) is 6.16. The summed E-state index contributed by atoms with van der Waals surface area (Å²) in [6.45, 7) is 5.63. The molecule has 158 valence electrons. The second kappa shape index (κ2) is 8.83. The molecule has 1 unspecified atom stereocenters. The highest BCUT2D eigenvalue weighted by Gasteiger charge is 2.25. The molecule has 2 aromatic carbocycles. The number of nitrogens with zero attached hydrogens (tertiary/aromatic N) is 1. The minimum atomic E-state index is -0.350. The van der Waals surface area contributed by atoms with Crippen molar-refractivity contribution in [1.29, 1.82) is 0 Å². The van der Waals surface area contributed by atoms with E-state index in [1.165, 1.54) is 6.42 Å². The van der Waals surface area contributed by atoms with Crippen LogP contribution in [0.5, 0.6) is 5.75 Å². The number of hydrogen-bond donors (Lipinski definition) is 1. The van der Waals surface area contributed by atoms with E-state index in [1.54, 1.807) is 6.07 Å². The molecule has 1 aromatic heterocycles. The third-order valence-electron chi connectivity index (χ3n) is 6.40. The third-order valence-corrected chi connectivity index (χ3v) is 6.69. The summed E-state index contributed by atoms with van der Waals surface area (Å²) in [5, 5.41) is 11.8. The molecule has 3 aromatic rings. The summed E-state index contributed by atoms with van der Waals surface area (Å²) in [5.41, 5.74) is 3.26. The number of benzene rings is 2. The van der Waals surface area contributed by atoms with E-state index >= 15 is 0 Å². The topological polar surface area (TPSA) is 53.7 Å². The van der Waals surface area contributed by atoms with E-state index < -0.39 is 0 Å². The second-order valence-electron chi connectivity index (χ2n) is 8.25. The van der Waals surface area contributed by atoms with Crippen LogP contribution in [-0.4, -0.2) is 22.6 Å². The van der Waals surface area contributed by atoms with Crippen LogP contribution in [0.4, 0.5) is 0 Å². The molecule has 1 aliphatic rings. The fourth-order valence-electron chi connectivity index (χ4n) is 4.62. The van der Waals surface area contributed by atoms with Gasteiger partial charge in [-0.2, -0.15) is 0 Å². The fraction of sp³-hybridized carbons (Fsp3) is 0.400. The SMILES string of the molecule is CCC1CCCCN1Cc1c(O)c(Cl)cc2c(C)c(Cc3ccccc3)c(=O)oc12. The lowest BCUT2D eigenvalue weighted by atomic mass is 9.96. The lowest BCUT2D eigenvalue weighted by Gasteiger charge is -2.35. The van der Waals surface area contributed by atoms with Crippen LogP contribution in [0.1, 0.15) is 54.9 Å². The number of phenols is 1. The molecule has 0 saturated carbocycles. The number of likely N-dealkylation sites (tertiary alicyclic amines) is 1. The Hall–Kier alpha value is -2.30. The van der Waals surface area contributed by atoms with Crippen molar-refractivity contribution >= 4 is 22.6 Å². The van der Waals surface area contributed by atoms with Crippen LogP contribution >= 0.6 is 11.6 Å². The molecule has 1 fully saturated rings. The normalized spacial score (nSPS) is 17.5. The van der Waals surface area contributed by atoms with Gasteiger partial charge in [0.05, 0.1) is 10.6 Å². The number of phenolic OH excluding ortho intramolecular Hbond substituents is 1. The van der Waals surface area contributed by atoms with Gasteiger partial charge in [0.2, 0.25) is 0 Å². The maximum absolute atomic E-state index is 12.9. The number of aryl methyl sites for hydroxylation is 1. The highest BCUT2D eigenvalue weighted by molar-refractivity contribution is 6.33. The van der Waals surface area contributed by atoms with Crippen LogP contribution in [0.25, 0.3) is 11.0 Å². The summed E-state index contributed by atoms with van der Waals surface area (Å²) < 4.78 is 5.82. The van der Waals surface area contributed by atoms with Gasteiger partial charge in [0.25, 0.3) is 0 Å². The number of piperidine rings is 1. The highest BCUT2D eigenvalue weighted by Crippen LogP contribution is 2.38. The molecule has 1 atom stereocenters. The molecule has 0 bridgehead atoms. The van der Waals surface area contributed by atoms with Gasteiger partial charge in [-0.3, -0.25) is 4.90 Å². The van der Waals surface area contributed by atoms with Gasteiger partial charge >= 0.3 is 5.63 Å². The van der Waals surface area contributed by atoms with Crippen LogP contribution < -0.4 is 5.63 Å². The first kappa shape index (κ1) is 21.0. The Morgan fingerprint density at radius 1 is 1.20 bits per heavy atom. The summed E-state index contributed by atoms with van der Waals surface area (Å²) in [5.74, 6) is 0.0166. The molecule has 5 heteroatoms. The number of fused-ring (bicyclic) bond motifs is 1. The summed E-state index contributed by atoms with van der Waals surface area (Å²) >= 11 is 6.42. The predicted octanol–water partition coefficient (Wildman–Crippen LogP) is 5.82. The van der Waals surface area contributed by atoms with Crippen LogP contribution in [0.2, 0.25) is 5.02 Å². The molecule has 4 rings (SSSR count). The summed E-state index contributed by atoms with van der Waals surface area (Å²) in [7, 11) is 0. The van der Waals surface area contributed by atoms with Crippen LogP contribution in [-0.2, 0) is 13.0 Å². The number of hydrogen-bond acceptors (Lipinski definition) is 4. The van der Waals surface area contributed by atoms with Gasteiger partial charge in [-0.25, -0.2) is 4.79 Å². The average Bonchev–Trinajstić information content (AvgIpc) is 2.76. The van der Waals surface area contributed by atoms with E-state index in [0.29, 0.717) is 40.7 Å². The second-order valence-corrected chi connectivity index (χ2v) is 8.65. The standard InChI is InChI=1S/C25H28ClNO3/c1-3-18-11-7-8-12-27(18)15-21-23(28)22(26)14-19-16(2)20(25(29)30-24(19)21)13-17-9-5-4-6-10-17/h4-6,9-10,14,18,28H,3,7-8,11-13,15H2,1-2H3. The first-order chi connectivity index (χ1) is 14.5.